The third kappa shape index (κ3) is 3.43. The first-order valence-corrected chi connectivity index (χ1v) is 8.11. The smallest absolute Gasteiger partial charge is 0.224 e. The highest BCUT2D eigenvalue weighted by Gasteiger charge is 2.32. The number of hydrogen-bond acceptors (Lipinski definition) is 5. The molecular formula is C11H20N2O4S. The van der Waals surface area contributed by atoms with E-state index in [0.29, 0.717) is 26.2 Å². The van der Waals surface area contributed by atoms with Gasteiger partial charge in [0.05, 0.1) is 24.7 Å². The summed E-state index contributed by atoms with van der Waals surface area (Å²) in [6.07, 6.45) is 0.379. The number of hydrogen-bond donors (Lipinski definition) is 1. The molecule has 0 spiro atoms. The Balaban J connectivity index is 1.89. The minimum Gasteiger partial charge on any atom is -0.378 e. The van der Waals surface area contributed by atoms with Crippen molar-refractivity contribution in [2.45, 2.75) is 25.4 Å². The van der Waals surface area contributed by atoms with E-state index in [0.717, 1.165) is 6.54 Å². The summed E-state index contributed by atoms with van der Waals surface area (Å²) >= 11 is 0. The van der Waals surface area contributed by atoms with E-state index in [2.05, 4.69) is 5.32 Å². The number of sulfone groups is 1. The highest BCUT2D eigenvalue weighted by Crippen LogP contribution is 2.14. The molecule has 2 unspecified atom stereocenters. The van der Waals surface area contributed by atoms with Gasteiger partial charge in [0.1, 0.15) is 0 Å². The van der Waals surface area contributed by atoms with Gasteiger partial charge in [-0.2, -0.15) is 0 Å². The number of morpholine rings is 1. The first-order chi connectivity index (χ1) is 8.48. The topological polar surface area (TPSA) is 75.7 Å². The maximum atomic E-state index is 12.1. The van der Waals surface area contributed by atoms with E-state index in [-0.39, 0.29) is 29.5 Å². The molecule has 2 fully saturated rings. The highest BCUT2D eigenvalue weighted by atomic mass is 32.2. The molecule has 104 valence electrons. The van der Waals surface area contributed by atoms with E-state index in [1.54, 1.807) is 11.8 Å². The predicted octanol–water partition coefficient (Wildman–Crippen LogP) is -0.990. The van der Waals surface area contributed by atoms with E-state index in [1.165, 1.54) is 0 Å². The predicted molar refractivity (Wildman–Crippen MR) is 67.1 cm³/mol. The molecule has 1 amide bonds. The zero-order chi connectivity index (χ0) is 13.2. The number of carbonyl (C=O) groups is 1. The molecule has 0 radical (unpaired) electrons. The standard InChI is InChI=1S/C11H20N2O4S/c1-9-8-18(15,16)5-3-13(9)11(14)6-10-7-17-4-2-12-10/h9-10,12H,2-8H2,1H3. The molecule has 0 saturated carbocycles. The van der Waals surface area contributed by atoms with Crippen molar-refractivity contribution in [2.75, 3.05) is 37.8 Å². The molecular weight excluding hydrogens is 256 g/mol. The summed E-state index contributed by atoms with van der Waals surface area (Å²) in [5.41, 5.74) is 0. The van der Waals surface area contributed by atoms with Gasteiger partial charge in [-0.1, -0.05) is 0 Å². The van der Waals surface area contributed by atoms with Crippen LogP contribution >= 0.6 is 0 Å². The lowest BCUT2D eigenvalue weighted by Crippen LogP contribution is -2.52. The van der Waals surface area contributed by atoms with Gasteiger partial charge in [-0.15, -0.1) is 0 Å². The zero-order valence-corrected chi connectivity index (χ0v) is 11.4. The Morgan fingerprint density at radius 1 is 1.50 bits per heavy atom. The summed E-state index contributed by atoms with van der Waals surface area (Å²) in [7, 11) is -2.97. The van der Waals surface area contributed by atoms with Crippen LogP contribution in [0.25, 0.3) is 0 Å². The molecule has 6 nitrogen and oxygen atoms in total. The van der Waals surface area contributed by atoms with Crippen LogP contribution in [0.3, 0.4) is 0 Å². The van der Waals surface area contributed by atoms with Gasteiger partial charge < -0.3 is 15.0 Å². The van der Waals surface area contributed by atoms with Crippen molar-refractivity contribution in [3.8, 4) is 0 Å². The quantitative estimate of drug-likeness (QED) is 0.701. The van der Waals surface area contributed by atoms with Gasteiger partial charge in [-0.05, 0) is 6.92 Å². The van der Waals surface area contributed by atoms with Crippen LogP contribution in [0, 0.1) is 0 Å². The van der Waals surface area contributed by atoms with Crippen LogP contribution in [-0.2, 0) is 19.4 Å². The first kappa shape index (κ1) is 13.8. The van der Waals surface area contributed by atoms with Crippen LogP contribution in [0.2, 0.25) is 0 Å². The second-order valence-electron chi connectivity index (χ2n) is 4.98. The monoisotopic (exact) mass is 276 g/mol. The fourth-order valence-electron chi connectivity index (χ4n) is 2.45. The van der Waals surface area contributed by atoms with Crippen LogP contribution < -0.4 is 5.32 Å². The third-order valence-electron chi connectivity index (χ3n) is 3.41. The van der Waals surface area contributed by atoms with Crippen LogP contribution in [0.4, 0.5) is 0 Å². The molecule has 2 aliphatic rings. The van der Waals surface area contributed by atoms with Crippen molar-refractivity contribution in [3.05, 3.63) is 0 Å². The van der Waals surface area contributed by atoms with Gasteiger partial charge in [0.2, 0.25) is 5.91 Å². The summed E-state index contributed by atoms with van der Waals surface area (Å²) in [6.45, 7) is 4.10. The Labute approximate surface area is 108 Å². The van der Waals surface area contributed by atoms with E-state index in [1.807, 2.05) is 0 Å². The summed E-state index contributed by atoms with van der Waals surface area (Å²) in [4.78, 5) is 13.8. The maximum absolute atomic E-state index is 12.1. The average Bonchev–Trinajstić information content (AvgIpc) is 2.28. The van der Waals surface area contributed by atoms with Crippen molar-refractivity contribution in [2.24, 2.45) is 0 Å². The van der Waals surface area contributed by atoms with Crippen molar-refractivity contribution in [1.29, 1.82) is 0 Å². The van der Waals surface area contributed by atoms with Gasteiger partial charge in [-0.3, -0.25) is 4.79 Å². The molecule has 2 saturated heterocycles. The van der Waals surface area contributed by atoms with Crippen LogP contribution in [-0.4, -0.2) is 69.1 Å². The van der Waals surface area contributed by atoms with E-state index >= 15 is 0 Å². The fraction of sp³-hybridized carbons (Fsp3) is 0.909. The molecule has 2 heterocycles. The Kier molecular flexibility index (Phi) is 4.24. The van der Waals surface area contributed by atoms with Crippen LogP contribution in [0.5, 0.6) is 0 Å². The lowest BCUT2D eigenvalue weighted by molar-refractivity contribution is -0.134. The van der Waals surface area contributed by atoms with Crippen molar-refractivity contribution >= 4 is 15.7 Å². The van der Waals surface area contributed by atoms with Crippen molar-refractivity contribution < 1.29 is 17.9 Å². The van der Waals surface area contributed by atoms with Crippen molar-refractivity contribution in [3.63, 3.8) is 0 Å². The number of ether oxygens (including phenoxy) is 1. The number of nitrogens with one attached hydrogen (secondary N) is 1. The number of carbonyl (C=O) groups excluding carboxylic acids is 1. The molecule has 0 aromatic carbocycles. The Hall–Kier alpha value is -0.660. The Morgan fingerprint density at radius 2 is 2.28 bits per heavy atom. The van der Waals surface area contributed by atoms with E-state index in [4.69, 9.17) is 4.74 Å². The lowest BCUT2D eigenvalue weighted by atomic mass is 10.1. The fourth-order valence-corrected chi connectivity index (χ4v) is 4.00. The van der Waals surface area contributed by atoms with Crippen LogP contribution in [0.15, 0.2) is 0 Å². The van der Waals surface area contributed by atoms with Gasteiger partial charge in [0, 0.05) is 31.6 Å². The molecule has 2 rings (SSSR count). The zero-order valence-electron chi connectivity index (χ0n) is 10.6. The van der Waals surface area contributed by atoms with Gasteiger partial charge in [0.15, 0.2) is 9.84 Å². The van der Waals surface area contributed by atoms with Gasteiger partial charge in [0.25, 0.3) is 0 Å². The Bertz CT molecular complexity index is 403. The van der Waals surface area contributed by atoms with Crippen molar-refractivity contribution in [1.82, 2.24) is 10.2 Å². The van der Waals surface area contributed by atoms with Gasteiger partial charge >= 0.3 is 0 Å². The summed E-state index contributed by atoms with van der Waals surface area (Å²) in [6, 6.07) is -0.169. The molecule has 0 aliphatic carbocycles. The van der Waals surface area contributed by atoms with E-state index in [9.17, 15) is 13.2 Å². The molecule has 2 atom stereocenters. The minimum atomic E-state index is -2.97. The minimum absolute atomic E-state index is 0.0143. The second-order valence-corrected chi connectivity index (χ2v) is 7.21. The molecule has 1 N–H and O–H groups in total. The lowest BCUT2D eigenvalue weighted by Gasteiger charge is -2.34. The Morgan fingerprint density at radius 3 is 2.89 bits per heavy atom. The molecule has 0 aromatic heterocycles. The normalized spacial score (nSPS) is 32.2. The third-order valence-corrected chi connectivity index (χ3v) is 5.21. The average molecular weight is 276 g/mol. The SMILES string of the molecule is CC1CS(=O)(=O)CCN1C(=O)CC1COCCN1. The molecule has 18 heavy (non-hydrogen) atoms. The summed E-state index contributed by atoms with van der Waals surface area (Å²) in [5.74, 6) is 0.172. The summed E-state index contributed by atoms with van der Waals surface area (Å²) in [5, 5.41) is 3.23. The maximum Gasteiger partial charge on any atom is 0.224 e. The first-order valence-electron chi connectivity index (χ1n) is 6.29. The highest BCUT2D eigenvalue weighted by molar-refractivity contribution is 7.91. The largest absolute Gasteiger partial charge is 0.378 e. The number of rotatable bonds is 2. The molecule has 0 aromatic rings. The molecule has 2 aliphatic heterocycles. The van der Waals surface area contributed by atoms with Crippen LogP contribution in [0.1, 0.15) is 13.3 Å². The van der Waals surface area contributed by atoms with E-state index < -0.39 is 9.84 Å². The molecule has 7 heteroatoms. The summed E-state index contributed by atoms with van der Waals surface area (Å²) < 4.78 is 28.2. The molecule has 0 bridgehead atoms. The van der Waals surface area contributed by atoms with Gasteiger partial charge in [-0.25, -0.2) is 8.42 Å². The number of nitrogens with zero attached hydrogens (tertiary/aromatic N) is 1. The second kappa shape index (κ2) is 5.54. The number of amides is 1.